The highest BCUT2D eigenvalue weighted by atomic mass is 79.9. The minimum absolute atomic E-state index is 0.264. The van der Waals surface area contributed by atoms with Crippen LogP contribution in [-0.4, -0.2) is 29.6 Å². The minimum atomic E-state index is 0.264. The van der Waals surface area contributed by atoms with Crippen molar-refractivity contribution in [1.29, 1.82) is 0 Å². The lowest BCUT2D eigenvalue weighted by Gasteiger charge is -2.45. The molecule has 0 amide bonds. The average molecular weight is 352 g/mol. The molecule has 1 saturated carbocycles. The third-order valence-electron chi connectivity index (χ3n) is 5.44. The van der Waals surface area contributed by atoms with E-state index in [2.05, 4.69) is 50.5 Å². The number of hydrazine groups is 1. The highest BCUT2D eigenvalue weighted by Gasteiger charge is 2.46. The van der Waals surface area contributed by atoms with Gasteiger partial charge in [-0.15, -0.1) is 0 Å². The number of likely N-dealkylation sites (tertiary alicyclic amines) is 1. The molecule has 2 aliphatic rings. The predicted octanol–water partition coefficient (Wildman–Crippen LogP) is 3.23. The zero-order chi connectivity index (χ0) is 14.7. The molecule has 3 nitrogen and oxygen atoms in total. The summed E-state index contributed by atoms with van der Waals surface area (Å²) in [4.78, 5) is 2.72. The van der Waals surface area contributed by atoms with Crippen LogP contribution in [0, 0.1) is 0 Å². The highest BCUT2D eigenvalue weighted by molar-refractivity contribution is 9.10. The van der Waals surface area contributed by atoms with E-state index in [0.717, 1.165) is 6.42 Å². The fourth-order valence-corrected chi connectivity index (χ4v) is 4.77. The minimum Gasteiger partial charge on any atom is -0.296 e. The van der Waals surface area contributed by atoms with Gasteiger partial charge in [-0.1, -0.05) is 47.0 Å². The fourth-order valence-electron chi connectivity index (χ4n) is 4.32. The van der Waals surface area contributed by atoms with Gasteiger partial charge in [0.25, 0.3) is 0 Å². The molecular formula is C17H26BrN3. The quantitative estimate of drug-likeness (QED) is 0.632. The summed E-state index contributed by atoms with van der Waals surface area (Å²) in [6.07, 6.45) is 8.92. The molecule has 21 heavy (non-hydrogen) atoms. The van der Waals surface area contributed by atoms with Crippen molar-refractivity contribution in [2.45, 2.75) is 56.5 Å². The van der Waals surface area contributed by atoms with E-state index in [1.807, 2.05) is 0 Å². The second-order valence-corrected chi connectivity index (χ2v) is 7.37. The molecule has 3 N–H and O–H groups in total. The first-order valence-electron chi connectivity index (χ1n) is 8.21. The zero-order valence-electron chi connectivity index (χ0n) is 12.7. The van der Waals surface area contributed by atoms with Crippen molar-refractivity contribution in [3.8, 4) is 0 Å². The van der Waals surface area contributed by atoms with E-state index in [0.29, 0.717) is 6.04 Å². The van der Waals surface area contributed by atoms with Crippen LogP contribution in [0.5, 0.6) is 0 Å². The first-order chi connectivity index (χ1) is 10.3. The van der Waals surface area contributed by atoms with Gasteiger partial charge in [-0.25, -0.2) is 0 Å². The molecule has 0 aromatic heterocycles. The van der Waals surface area contributed by atoms with Crippen molar-refractivity contribution < 1.29 is 0 Å². The van der Waals surface area contributed by atoms with Gasteiger partial charge in [0, 0.05) is 16.1 Å². The molecule has 2 fully saturated rings. The van der Waals surface area contributed by atoms with Crippen LogP contribution in [0.25, 0.3) is 0 Å². The fraction of sp³-hybridized carbons (Fsp3) is 0.647. The molecule has 1 saturated heterocycles. The summed E-state index contributed by atoms with van der Waals surface area (Å²) in [6, 6.07) is 8.85. The van der Waals surface area contributed by atoms with Crippen LogP contribution in [0.3, 0.4) is 0 Å². The molecule has 4 heteroatoms. The van der Waals surface area contributed by atoms with Crippen LogP contribution >= 0.6 is 15.9 Å². The third kappa shape index (κ3) is 3.04. The molecule has 1 aromatic rings. The van der Waals surface area contributed by atoms with Crippen molar-refractivity contribution in [3.05, 3.63) is 34.3 Å². The van der Waals surface area contributed by atoms with Gasteiger partial charge in [0.1, 0.15) is 0 Å². The standard InChI is InChI=1S/C17H26BrN3/c18-15-8-2-1-7-14(15)13-16(20-19)17(9-3-4-10-17)21-11-5-6-12-21/h1-2,7-8,16,20H,3-6,9-13,19H2. The van der Waals surface area contributed by atoms with Gasteiger partial charge in [0.05, 0.1) is 0 Å². The van der Waals surface area contributed by atoms with Gasteiger partial charge in [-0.3, -0.25) is 16.2 Å². The molecular weight excluding hydrogens is 326 g/mol. The monoisotopic (exact) mass is 351 g/mol. The molecule has 0 spiro atoms. The van der Waals surface area contributed by atoms with E-state index >= 15 is 0 Å². The zero-order valence-corrected chi connectivity index (χ0v) is 14.2. The van der Waals surface area contributed by atoms with Gasteiger partial charge in [0.2, 0.25) is 0 Å². The van der Waals surface area contributed by atoms with Gasteiger partial charge >= 0.3 is 0 Å². The van der Waals surface area contributed by atoms with Crippen LogP contribution in [0.15, 0.2) is 28.7 Å². The maximum absolute atomic E-state index is 6.01. The number of nitrogens with one attached hydrogen (secondary N) is 1. The van der Waals surface area contributed by atoms with Crippen LogP contribution < -0.4 is 11.3 Å². The Kier molecular flexibility index (Phi) is 4.99. The van der Waals surface area contributed by atoms with E-state index in [-0.39, 0.29) is 5.54 Å². The molecule has 0 radical (unpaired) electrons. The number of nitrogens with two attached hydrogens (primary N) is 1. The lowest BCUT2D eigenvalue weighted by molar-refractivity contribution is 0.0765. The van der Waals surface area contributed by atoms with E-state index in [1.54, 1.807) is 0 Å². The summed E-state index contributed by atoms with van der Waals surface area (Å²) in [5, 5.41) is 0. The van der Waals surface area contributed by atoms with E-state index in [9.17, 15) is 0 Å². The van der Waals surface area contributed by atoms with Crippen LogP contribution in [0.4, 0.5) is 0 Å². The first-order valence-corrected chi connectivity index (χ1v) is 9.00. The van der Waals surface area contributed by atoms with Gasteiger partial charge < -0.3 is 0 Å². The van der Waals surface area contributed by atoms with E-state index in [4.69, 9.17) is 5.84 Å². The summed E-state index contributed by atoms with van der Waals surface area (Å²) in [7, 11) is 0. The number of hydrogen-bond acceptors (Lipinski definition) is 3. The second-order valence-electron chi connectivity index (χ2n) is 6.52. The topological polar surface area (TPSA) is 41.3 Å². The number of rotatable bonds is 5. The lowest BCUT2D eigenvalue weighted by Crippen LogP contribution is -2.61. The predicted molar refractivity (Wildman–Crippen MR) is 91.0 cm³/mol. The third-order valence-corrected chi connectivity index (χ3v) is 6.21. The Bertz CT molecular complexity index is 465. The molecule has 1 heterocycles. The van der Waals surface area contributed by atoms with Gasteiger partial charge in [0.15, 0.2) is 0 Å². The van der Waals surface area contributed by atoms with Crippen molar-refractivity contribution >= 4 is 15.9 Å². The highest BCUT2D eigenvalue weighted by Crippen LogP contribution is 2.41. The molecule has 1 aliphatic heterocycles. The van der Waals surface area contributed by atoms with Crippen LogP contribution in [-0.2, 0) is 6.42 Å². The van der Waals surface area contributed by atoms with E-state index in [1.165, 1.54) is 61.7 Å². The lowest BCUT2D eigenvalue weighted by atomic mass is 9.83. The average Bonchev–Trinajstić information content (AvgIpc) is 3.18. The summed E-state index contributed by atoms with van der Waals surface area (Å²) >= 11 is 3.68. The number of nitrogens with zero attached hydrogens (tertiary/aromatic N) is 1. The van der Waals surface area contributed by atoms with E-state index < -0.39 is 0 Å². The smallest absolute Gasteiger partial charge is 0.0435 e. The van der Waals surface area contributed by atoms with Crippen LogP contribution in [0.1, 0.15) is 44.1 Å². The summed E-state index contributed by atoms with van der Waals surface area (Å²) in [5.74, 6) is 6.01. The molecule has 0 bridgehead atoms. The first kappa shape index (κ1) is 15.5. The number of halogens is 1. The van der Waals surface area contributed by atoms with Gasteiger partial charge in [-0.2, -0.15) is 0 Å². The Labute approximate surface area is 136 Å². The largest absolute Gasteiger partial charge is 0.296 e. The molecule has 1 aliphatic carbocycles. The molecule has 1 unspecified atom stereocenters. The summed E-state index contributed by atoms with van der Waals surface area (Å²) < 4.78 is 1.19. The molecule has 116 valence electrons. The Hall–Kier alpha value is -0.420. The Morgan fingerprint density at radius 3 is 2.43 bits per heavy atom. The maximum atomic E-state index is 6.01. The molecule has 1 aromatic carbocycles. The van der Waals surface area contributed by atoms with Gasteiger partial charge in [-0.05, 0) is 56.8 Å². The normalized spacial score (nSPS) is 23.5. The van der Waals surface area contributed by atoms with Crippen molar-refractivity contribution in [3.63, 3.8) is 0 Å². The number of hydrogen-bond donors (Lipinski definition) is 2. The summed E-state index contributed by atoms with van der Waals surface area (Å²) in [5.41, 5.74) is 4.79. The number of benzene rings is 1. The SMILES string of the molecule is NNC(Cc1ccccc1Br)C1(N2CCCC2)CCCC1. The van der Waals surface area contributed by atoms with Crippen molar-refractivity contribution in [1.82, 2.24) is 10.3 Å². The Morgan fingerprint density at radius 2 is 1.81 bits per heavy atom. The summed E-state index contributed by atoms with van der Waals surface area (Å²) in [6.45, 7) is 2.49. The maximum Gasteiger partial charge on any atom is 0.0435 e. The van der Waals surface area contributed by atoms with Crippen LogP contribution in [0.2, 0.25) is 0 Å². The Morgan fingerprint density at radius 1 is 1.14 bits per heavy atom. The molecule has 1 atom stereocenters. The van der Waals surface area contributed by atoms with Crippen molar-refractivity contribution in [2.24, 2.45) is 5.84 Å². The Balaban J connectivity index is 1.84. The van der Waals surface area contributed by atoms with Crippen molar-refractivity contribution in [2.75, 3.05) is 13.1 Å². The molecule has 3 rings (SSSR count). The second kappa shape index (κ2) is 6.78.